The molecule has 7 heteroatoms. The van der Waals surface area contributed by atoms with Crippen molar-refractivity contribution in [2.24, 2.45) is 0 Å². The van der Waals surface area contributed by atoms with Gasteiger partial charge in [0.1, 0.15) is 0 Å². The van der Waals surface area contributed by atoms with Gasteiger partial charge < -0.3 is 0 Å². The zero-order chi connectivity index (χ0) is 33.5. The van der Waals surface area contributed by atoms with Crippen molar-refractivity contribution in [1.29, 1.82) is 0 Å². The van der Waals surface area contributed by atoms with Crippen LogP contribution in [-0.4, -0.2) is 55.4 Å². The predicted octanol–water partition coefficient (Wildman–Crippen LogP) is 10.7. The van der Waals surface area contributed by atoms with Crippen molar-refractivity contribution in [3.8, 4) is 67.5 Å². The van der Waals surface area contributed by atoms with Crippen LogP contribution in [0.3, 0.4) is 0 Å². The predicted molar refractivity (Wildman–Crippen MR) is 202 cm³/mol. The third-order valence-corrected chi connectivity index (χ3v) is 12.9. The fourth-order valence-corrected chi connectivity index (χ4v) is 10.4. The Balaban J connectivity index is 1.44. The second kappa shape index (κ2) is 16.0. The van der Waals surface area contributed by atoms with Gasteiger partial charge in [0.2, 0.25) is 0 Å². The Labute approximate surface area is 306 Å². The molecule has 6 rings (SSSR count). The Hall–Kier alpha value is -3.90. The molecule has 0 spiro atoms. The molecule has 0 saturated heterocycles. The van der Waals surface area contributed by atoms with Crippen LogP contribution in [0.4, 0.5) is 0 Å². The van der Waals surface area contributed by atoms with Gasteiger partial charge in [-0.15, -0.1) is 0 Å². The molecule has 0 fully saturated rings. The molecule has 0 bridgehead atoms. The van der Waals surface area contributed by atoms with E-state index in [1.54, 1.807) is 28.4 Å². The summed E-state index contributed by atoms with van der Waals surface area (Å²) in [6.07, 6.45) is 0. The van der Waals surface area contributed by atoms with Crippen LogP contribution in [0.2, 0.25) is 0 Å². The average molecular weight is 865 g/mol. The zero-order valence-electron chi connectivity index (χ0n) is 27.2. The van der Waals surface area contributed by atoms with Crippen LogP contribution in [0.1, 0.15) is 0 Å². The maximum absolute atomic E-state index is 5.47. The Morgan fingerprint density at radius 2 is 0.604 bits per heavy atom. The molecule has 2 radical (unpaired) electrons. The van der Waals surface area contributed by atoms with Gasteiger partial charge in [0.25, 0.3) is 0 Å². The number of methoxy groups -OCH3 is 4. The van der Waals surface area contributed by atoms with E-state index < -0.39 is 0 Å². The van der Waals surface area contributed by atoms with E-state index >= 15 is 0 Å². The van der Waals surface area contributed by atoms with Crippen molar-refractivity contribution in [3.63, 3.8) is 0 Å². The third-order valence-electron chi connectivity index (χ3n) is 8.07. The Morgan fingerprint density at radius 1 is 0.375 bits per heavy atom. The molecule has 0 amide bonds. The summed E-state index contributed by atoms with van der Waals surface area (Å²) >= 11 is 5.07. The summed E-state index contributed by atoms with van der Waals surface area (Å²) in [5.74, 6) is 3.37. The number of ether oxygens (including phenoxy) is 4. The molecule has 6 aromatic rings. The molecule has 0 aliphatic rings. The topological polar surface area (TPSA) is 36.9 Å². The summed E-state index contributed by atoms with van der Waals surface area (Å²) < 4.78 is 22.2. The quantitative estimate of drug-likeness (QED) is 0.0693. The van der Waals surface area contributed by atoms with E-state index in [4.69, 9.17) is 18.9 Å². The van der Waals surface area contributed by atoms with Crippen molar-refractivity contribution in [2.45, 2.75) is 12.1 Å². The van der Waals surface area contributed by atoms with Crippen LogP contribution in [0.15, 0.2) is 143 Å². The van der Waals surface area contributed by atoms with Gasteiger partial charge in [-0.25, -0.2) is 0 Å². The third kappa shape index (κ3) is 7.70. The second-order valence-corrected chi connectivity index (χ2v) is 18.2. The van der Waals surface area contributed by atoms with Gasteiger partial charge in [-0.2, -0.15) is 0 Å². The summed E-state index contributed by atoms with van der Waals surface area (Å²) in [7, 11) is 6.81. The first-order valence-corrected chi connectivity index (χ1v) is 19.1. The summed E-state index contributed by atoms with van der Waals surface area (Å²) in [4.78, 5) is 2.50. The fourth-order valence-electron chi connectivity index (χ4n) is 5.55. The SMILES string of the molecule is COc1ccc(-c2cccc(-c3ccc(OC)cc3)c2S[CH]([Bi])Sc2c(-c3ccc(OC)cc3)cccc2-c2ccc(OC)cc2)cc1. The van der Waals surface area contributed by atoms with Crippen molar-refractivity contribution < 1.29 is 18.9 Å². The van der Waals surface area contributed by atoms with E-state index in [0.29, 0.717) is 0 Å². The number of hydrogen-bond donors (Lipinski definition) is 0. The molecule has 4 nitrogen and oxygen atoms in total. The number of rotatable bonds is 12. The minimum absolute atomic E-state index is 0.262. The van der Waals surface area contributed by atoms with Gasteiger partial charge in [0.15, 0.2) is 0 Å². The molecule has 48 heavy (non-hydrogen) atoms. The molecule has 240 valence electrons. The molecular weight excluding hydrogens is 830 g/mol. The van der Waals surface area contributed by atoms with E-state index in [1.807, 2.05) is 72.1 Å². The standard InChI is InChI=1S/C41H35O4S2.Bi/c1-42-32-19-11-28(12-20-32)36-7-5-8-37(29-13-21-33(43-2)22-14-29)40(36)46-27-47-41-38(30-15-23-34(44-3)24-16-30)9-6-10-39(41)31-17-25-35(45-4)26-18-31;/h5-27H,1-4H3;. The molecule has 6 aromatic carbocycles. The van der Waals surface area contributed by atoms with Crippen molar-refractivity contribution >= 4 is 48.2 Å². The van der Waals surface area contributed by atoms with E-state index in [1.165, 1.54) is 56.8 Å². The molecule has 0 unspecified atom stereocenters. The summed E-state index contributed by atoms with van der Waals surface area (Å²) in [6.45, 7) is 0. The Bertz CT molecular complexity index is 1680. The molecular formula is C41H35BiO4S2. The zero-order valence-corrected chi connectivity index (χ0v) is 32.3. The van der Waals surface area contributed by atoms with Crippen LogP contribution in [0.25, 0.3) is 44.5 Å². The number of thioether (sulfide) groups is 2. The van der Waals surface area contributed by atoms with Crippen molar-refractivity contribution in [1.82, 2.24) is 0 Å². The summed E-state index contributed by atoms with van der Waals surface area (Å²) in [5, 5.41) is 0. The molecule has 0 N–H and O–H groups in total. The number of benzene rings is 6. The van der Waals surface area contributed by atoms with Crippen molar-refractivity contribution in [3.05, 3.63) is 133 Å². The first-order chi connectivity index (χ1) is 23.5. The van der Waals surface area contributed by atoms with Gasteiger partial charge in [-0.1, -0.05) is 0 Å². The molecule has 0 aromatic heterocycles. The fraction of sp³-hybridized carbons (Fsp3) is 0.122. The monoisotopic (exact) mass is 864 g/mol. The molecule has 0 saturated carbocycles. The first kappa shape index (κ1) is 34.0. The van der Waals surface area contributed by atoms with Crippen LogP contribution in [0, 0.1) is 0 Å². The van der Waals surface area contributed by atoms with Crippen LogP contribution >= 0.6 is 23.5 Å². The van der Waals surface area contributed by atoms with Crippen LogP contribution in [0.5, 0.6) is 23.0 Å². The van der Waals surface area contributed by atoms with Gasteiger partial charge in [-0.3, -0.25) is 0 Å². The minimum atomic E-state index is 0.262. The summed E-state index contributed by atoms with van der Waals surface area (Å²) in [6, 6.07) is 46.6. The van der Waals surface area contributed by atoms with Crippen LogP contribution in [-0.2, 0) is 0 Å². The van der Waals surface area contributed by atoms with Gasteiger partial charge in [0.05, 0.1) is 0 Å². The van der Waals surface area contributed by atoms with E-state index in [-0.39, 0.29) is 2.29 Å². The van der Waals surface area contributed by atoms with E-state index in [0.717, 1.165) is 45.3 Å². The molecule has 0 aliphatic carbocycles. The van der Waals surface area contributed by atoms with Gasteiger partial charge in [-0.05, 0) is 0 Å². The second-order valence-electron chi connectivity index (χ2n) is 10.8. The normalized spacial score (nSPS) is 11.0. The Morgan fingerprint density at radius 3 is 0.812 bits per heavy atom. The van der Waals surface area contributed by atoms with E-state index in [2.05, 4.69) is 84.9 Å². The van der Waals surface area contributed by atoms with Crippen molar-refractivity contribution in [2.75, 3.05) is 28.4 Å². The first-order valence-electron chi connectivity index (χ1n) is 15.4. The van der Waals surface area contributed by atoms with Gasteiger partial charge in [0, 0.05) is 0 Å². The maximum atomic E-state index is 5.47. The molecule has 0 aliphatic heterocycles. The van der Waals surface area contributed by atoms with E-state index in [9.17, 15) is 0 Å². The van der Waals surface area contributed by atoms with Gasteiger partial charge >= 0.3 is 309 Å². The average Bonchev–Trinajstić information content (AvgIpc) is 3.15. The molecule has 0 atom stereocenters. The Kier molecular flexibility index (Phi) is 11.3. The number of hydrogen-bond acceptors (Lipinski definition) is 6. The summed E-state index contributed by atoms with van der Waals surface area (Å²) in [5.41, 5.74) is 9.42. The van der Waals surface area contributed by atoms with Crippen LogP contribution < -0.4 is 18.9 Å². The molecule has 0 heterocycles.